The Labute approximate surface area is 191 Å². The molecule has 0 bridgehead atoms. The minimum Gasteiger partial charge on any atom is -0.325 e. The van der Waals surface area contributed by atoms with Crippen molar-refractivity contribution in [2.75, 3.05) is 25.5 Å². The number of hydrogen-bond donors (Lipinski definition) is 2. The second-order valence-electron chi connectivity index (χ2n) is 8.16. The predicted molar refractivity (Wildman–Crippen MR) is 128 cm³/mol. The Kier molecular flexibility index (Phi) is 8.41. The van der Waals surface area contributed by atoms with Gasteiger partial charge in [0, 0.05) is 25.2 Å². The van der Waals surface area contributed by atoms with Gasteiger partial charge in [-0.3, -0.25) is 19.4 Å². The molecule has 3 rings (SSSR count). The number of anilines is 1. The summed E-state index contributed by atoms with van der Waals surface area (Å²) < 4.78 is 28.1. The highest BCUT2D eigenvalue weighted by Crippen LogP contribution is 2.17. The van der Waals surface area contributed by atoms with E-state index in [0.29, 0.717) is 31.0 Å². The Hall–Kier alpha value is -2.71. The van der Waals surface area contributed by atoms with Crippen molar-refractivity contribution in [2.24, 2.45) is 4.99 Å². The number of benzene rings is 2. The fourth-order valence-electron chi connectivity index (χ4n) is 3.61. The highest BCUT2D eigenvalue weighted by molar-refractivity contribution is 7.90. The quantitative estimate of drug-likeness (QED) is 0.635. The van der Waals surface area contributed by atoms with Crippen molar-refractivity contribution in [1.29, 1.82) is 0 Å². The first-order valence-corrected chi connectivity index (χ1v) is 12.6. The molecule has 0 spiro atoms. The van der Waals surface area contributed by atoms with Gasteiger partial charge in [0.1, 0.15) is 5.84 Å². The zero-order valence-corrected chi connectivity index (χ0v) is 19.6. The van der Waals surface area contributed by atoms with Gasteiger partial charge in [-0.2, -0.15) is 0 Å². The first-order chi connectivity index (χ1) is 15.4. The maximum absolute atomic E-state index is 12.8. The van der Waals surface area contributed by atoms with Crippen molar-refractivity contribution in [3.8, 4) is 0 Å². The molecule has 0 aromatic heterocycles. The molecule has 8 heteroatoms. The van der Waals surface area contributed by atoms with Crippen LogP contribution in [0.25, 0.3) is 0 Å². The molecular formula is C24H32N4O3S. The number of rotatable bonds is 8. The third-order valence-electron chi connectivity index (χ3n) is 5.35. The zero-order chi connectivity index (χ0) is 23.0. The lowest BCUT2D eigenvalue weighted by Gasteiger charge is -2.17. The van der Waals surface area contributed by atoms with E-state index in [-0.39, 0.29) is 17.3 Å². The van der Waals surface area contributed by atoms with E-state index >= 15 is 0 Å². The van der Waals surface area contributed by atoms with Crippen LogP contribution in [-0.2, 0) is 27.8 Å². The van der Waals surface area contributed by atoms with E-state index in [1.165, 1.54) is 17.7 Å². The van der Waals surface area contributed by atoms with E-state index in [1.807, 2.05) is 11.9 Å². The van der Waals surface area contributed by atoms with Gasteiger partial charge in [-0.25, -0.2) is 8.42 Å². The number of hydrogen-bond acceptors (Lipinski definition) is 5. The normalized spacial score (nSPS) is 14.5. The molecule has 0 aliphatic carbocycles. The van der Waals surface area contributed by atoms with Crippen LogP contribution in [-0.4, -0.2) is 45.2 Å². The van der Waals surface area contributed by atoms with Gasteiger partial charge < -0.3 is 5.32 Å². The van der Waals surface area contributed by atoms with Crippen LogP contribution in [0.15, 0.2) is 58.4 Å². The molecule has 172 valence electrons. The fraction of sp³-hybridized carbons (Fsp3) is 0.417. The van der Waals surface area contributed by atoms with E-state index in [2.05, 4.69) is 46.2 Å². The summed E-state index contributed by atoms with van der Waals surface area (Å²) in [6.07, 6.45) is 4.58. The topological polar surface area (TPSA) is 90.9 Å². The van der Waals surface area contributed by atoms with Crippen molar-refractivity contribution in [1.82, 2.24) is 9.62 Å². The lowest BCUT2D eigenvalue weighted by molar-refractivity contribution is -0.117. The molecule has 1 aliphatic heterocycles. The molecule has 1 heterocycles. The van der Waals surface area contributed by atoms with E-state index in [1.54, 1.807) is 12.1 Å². The van der Waals surface area contributed by atoms with Gasteiger partial charge in [0.2, 0.25) is 5.91 Å². The first kappa shape index (κ1) is 23.9. The van der Waals surface area contributed by atoms with E-state index in [9.17, 15) is 13.2 Å². The fourth-order valence-corrected chi connectivity index (χ4v) is 4.74. The minimum absolute atomic E-state index is 0.103. The number of sulfonamides is 1. The van der Waals surface area contributed by atoms with Crippen LogP contribution in [0.4, 0.5) is 5.69 Å². The van der Waals surface area contributed by atoms with Crippen molar-refractivity contribution >= 4 is 27.5 Å². The van der Waals surface area contributed by atoms with Gasteiger partial charge in [0.05, 0.1) is 11.4 Å². The molecule has 0 saturated carbocycles. The number of aliphatic imine (C=N–C) groups is 1. The van der Waals surface area contributed by atoms with Crippen molar-refractivity contribution in [3.05, 3.63) is 59.7 Å². The average molecular weight is 457 g/mol. The molecule has 0 radical (unpaired) electrons. The minimum atomic E-state index is -3.75. The lowest BCUT2D eigenvalue weighted by atomic mass is 10.1. The number of carbonyl (C=O) groups is 1. The molecule has 1 amide bonds. The van der Waals surface area contributed by atoms with E-state index in [0.717, 1.165) is 31.2 Å². The van der Waals surface area contributed by atoms with Crippen LogP contribution < -0.4 is 10.0 Å². The highest BCUT2D eigenvalue weighted by atomic mass is 32.2. The monoisotopic (exact) mass is 456 g/mol. The molecule has 7 nitrogen and oxygen atoms in total. The maximum Gasteiger partial charge on any atom is 0.262 e. The van der Waals surface area contributed by atoms with Crippen LogP contribution in [0, 0.1) is 0 Å². The van der Waals surface area contributed by atoms with Crippen LogP contribution in [0.2, 0.25) is 0 Å². The van der Waals surface area contributed by atoms with Crippen LogP contribution >= 0.6 is 0 Å². The number of carbonyl (C=O) groups excluding carboxylic acids is 1. The largest absolute Gasteiger partial charge is 0.325 e. The van der Waals surface area contributed by atoms with Crippen molar-refractivity contribution in [2.45, 2.75) is 50.5 Å². The van der Waals surface area contributed by atoms with Gasteiger partial charge in [-0.1, -0.05) is 43.7 Å². The average Bonchev–Trinajstić information content (AvgIpc) is 3.02. The molecule has 0 atom stereocenters. The van der Waals surface area contributed by atoms with Crippen LogP contribution in [0.1, 0.15) is 43.7 Å². The number of amidine groups is 1. The van der Waals surface area contributed by atoms with Crippen molar-refractivity contribution < 1.29 is 13.2 Å². The molecule has 32 heavy (non-hydrogen) atoms. The summed E-state index contributed by atoms with van der Waals surface area (Å²) in [5.41, 5.74) is 2.86. The third kappa shape index (κ3) is 7.17. The smallest absolute Gasteiger partial charge is 0.262 e. The second-order valence-corrected chi connectivity index (χ2v) is 9.85. The third-order valence-corrected chi connectivity index (χ3v) is 6.73. The number of aryl methyl sites for hydroxylation is 1. The lowest BCUT2D eigenvalue weighted by Crippen LogP contribution is -2.31. The Morgan fingerprint density at radius 3 is 2.56 bits per heavy atom. The number of nitrogens with one attached hydrogen (secondary N) is 2. The molecule has 0 saturated heterocycles. The van der Waals surface area contributed by atoms with Gasteiger partial charge >= 0.3 is 0 Å². The van der Waals surface area contributed by atoms with Gasteiger partial charge in [-0.15, -0.1) is 0 Å². The van der Waals surface area contributed by atoms with Crippen molar-refractivity contribution in [3.63, 3.8) is 0 Å². The number of likely N-dealkylation sites (N-methyl/N-ethyl adjacent to an activating group) is 1. The summed E-state index contributed by atoms with van der Waals surface area (Å²) in [4.78, 5) is 18.8. The number of nitrogens with zero attached hydrogens (tertiary/aromatic N) is 2. The molecule has 0 unspecified atom stereocenters. The Balaban J connectivity index is 1.58. The molecule has 0 fully saturated rings. The Bertz CT molecular complexity index is 1050. The van der Waals surface area contributed by atoms with Crippen LogP contribution in [0.3, 0.4) is 0 Å². The summed E-state index contributed by atoms with van der Waals surface area (Å²) in [5.74, 6) is 0.305. The van der Waals surface area contributed by atoms with E-state index < -0.39 is 10.0 Å². The van der Waals surface area contributed by atoms with Gasteiger partial charge in [-0.05, 0) is 55.6 Å². The molecule has 1 aliphatic rings. The highest BCUT2D eigenvalue weighted by Gasteiger charge is 2.18. The van der Waals surface area contributed by atoms with Gasteiger partial charge in [0.15, 0.2) is 0 Å². The summed E-state index contributed by atoms with van der Waals surface area (Å²) >= 11 is 0. The van der Waals surface area contributed by atoms with Gasteiger partial charge in [0.25, 0.3) is 10.0 Å². The summed E-state index contributed by atoms with van der Waals surface area (Å²) in [7, 11) is -1.87. The molecule has 2 aromatic carbocycles. The van der Waals surface area contributed by atoms with Crippen LogP contribution in [0.5, 0.6) is 0 Å². The summed E-state index contributed by atoms with van der Waals surface area (Å²) in [5, 5.41) is 2.80. The summed E-state index contributed by atoms with van der Waals surface area (Å²) in [6.45, 7) is 3.61. The standard InChI is InChI=1S/C24H32N4O3S/c1-3-19-11-13-20(14-12-19)17-28(2)18-24(29)26-21-8-7-9-22(16-21)32(30,31)27-23-10-5-4-6-15-25-23/h7-9,11-14,16H,3-6,10,15,17-18H2,1-2H3,(H,25,27)(H,26,29). The van der Waals surface area contributed by atoms with E-state index in [4.69, 9.17) is 0 Å². The Morgan fingerprint density at radius 2 is 1.81 bits per heavy atom. The maximum atomic E-state index is 12.8. The molecular weight excluding hydrogens is 424 g/mol. The zero-order valence-electron chi connectivity index (χ0n) is 18.8. The number of amides is 1. The predicted octanol–water partition coefficient (Wildman–Crippen LogP) is 3.57. The molecule has 2 aromatic rings. The second kappa shape index (κ2) is 11.2. The first-order valence-electron chi connectivity index (χ1n) is 11.1. The SMILES string of the molecule is CCc1ccc(CN(C)CC(=O)Nc2cccc(S(=O)(=O)NC3=NCCCCC3)c2)cc1. The molecule has 2 N–H and O–H groups in total. The Morgan fingerprint density at radius 1 is 1.06 bits per heavy atom. The summed E-state index contributed by atoms with van der Waals surface area (Å²) in [6, 6.07) is 14.7.